The van der Waals surface area contributed by atoms with Crippen molar-refractivity contribution in [3.63, 3.8) is 0 Å². The molecule has 1 heterocycles. The molecule has 2 rings (SSSR count). The molecule has 124 valence electrons. The van der Waals surface area contributed by atoms with Crippen molar-refractivity contribution in [1.29, 1.82) is 0 Å². The second kappa shape index (κ2) is 8.42. The number of hydrogen-bond acceptors (Lipinski definition) is 3. The molecule has 1 fully saturated rings. The highest BCUT2D eigenvalue weighted by Crippen LogP contribution is 2.28. The zero-order valence-corrected chi connectivity index (χ0v) is 14.0. The van der Waals surface area contributed by atoms with Gasteiger partial charge in [-0.1, -0.05) is 25.6 Å². The third-order valence-corrected chi connectivity index (χ3v) is 3.93. The minimum atomic E-state index is 0.0718. The Kier molecular flexibility index (Phi) is 6.27. The van der Waals surface area contributed by atoms with Gasteiger partial charge in [-0.25, -0.2) is 0 Å². The molecule has 1 atom stereocenters. The van der Waals surface area contributed by atoms with Crippen LogP contribution in [0.3, 0.4) is 0 Å². The molecule has 0 spiro atoms. The van der Waals surface area contributed by atoms with Gasteiger partial charge in [0.2, 0.25) is 5.91 Å². The number of amides is 1. The fourth-order valence-corrected chi connectivity index (χ4v) is 2.72. The summed E-state index contributed by atoms with van der Waals surface area (Å²) in [5.74, 6) is 1.97. The Morgan fingerprint density at radius 2 is 2.26 bits per heavy atom. The Bertz CT molecular complexity index is 580. The minimum absolute atomic E-state index is 0.0718. The summed E-state index contributed by atoms with van der Waals surface area (Å²) in [5, 5.41) is 0. The fraction of sp³-hybridized carbons (Fsp3) is 0.421. The molecule has 0 N–H and O–H groups in total. The highest BCUT2D eigenvalue weighted by Gasteiger charge is 2.18. The van der Waals surface area contributed by atoms with Crippen molar-refractivity contribution >= 4 is 12.0 Å². The summed E-state index contributed by atoms with van der Waals surface area (Å²) < 4.78 is 10.9. The van der Waals surface area contributed by atoms with Crippen LogP contribution in [0, 0.1) is 5.92 Å². The first kappa shape index (κ1) is 17.1. The Labute approximate surface area is 138 Å². The molecule has 1 aliphatic rings. The van der Waals surface area contributed by atoms with Crippen molar-refractivity contribution in [2.75, 3.05) is 26.8 Å². The van der Waals surface area contributed by atoms with Gasteiger partial charge in [0.25, 0.3) is 0 Å². The van der Waals surface area contributed by atoms with Crippen LogP contribution in [0.5, 0.6) is 11.5 Å². The van der Waals surface area contributed by atoms with Crippen LogP contribution in [0.1, 0.15) is 25.3 Å². The second-order valence-electron chi connectivity index (χ2n) is 5.87. The van der Waals surface area contributed by atoms with Gasteiger partial charge in [-0.2, -0.15) is 0 Å². The van der Waals surface area contributed by atoms with Gasteiger partial charge >= 0.3 is 0 Å². The maximum Gasteiger partial charge on any atom is 0.246 e. The number of piperidine rings is 1. The van der Waals surface area contributed by atoms with Gasteiger partial charge in [0.05, 0.1) is 7.11 Å². The van der Waals surface area contributed by atoms with E-state index in [0.717, 1.165) is 25.1 Å². The van der Waals surface area contributed by atoms with Crippen LogP contribution < -0.4 is 9.47 Å². The van der Waals surface area contributed by atoms with E-state index in [9.17, 15) is 4.79 Å². The standard InChI is InChI=1S/C19H25NO3/c1-4-12-23-17-9-7-16(13-18(17)22-3)8-10-19(21)20-11-5-6-15(2)14-20/h4,7-10,13,15H,1,5-6,11-12,14H2,2-3H3. The Balaban J connectivity index is 2.03. The summed E-state index contributed by atoms with van der Waals surface area (Å²) in [6.45, 7) is 7.95. The number of ether oxygens (including phenoxy) is 2. The number of rotatable bonds is 6. The molecular formula is C19H25NO3. The van der Waals surface area contributed by atoms with Gasteiger partial charge in [-0.3, -0.25) is 4.79 Å². The first-order valence-corrected chi connectivity index (χ1v) is 8.02. The lowest BCUT2D eigenvalue weighted by molar-refractivity contribution is -0.127. The van der Waals surface area contributed by atoms with E-state index in [1.165, 1.54) is 6.42 Å². The van der Waals surface area contributed by atoms with Gasteiger partial charge in [-0.15, -0.1) is 0 Å². The third kappa shape index (κ3) is 4.88. The SMILES string of the molecule is C=CCOc1ccc(C=CC(=O)N2CCCC(C)C2)cc1OC. The predicted molar refractivity (Wildman–Crippen MR) is 92.7 cm³/mol. The Hall–Kier alpha value is -2.23. The Morgan fingerprint density at radius 3 is 2.96 bits per heavy atom. The maximum absolute atomic E-state index is 12.3. The van der Waals surface area contributed by atoms with E-state index in [0.29, 0.717) is 24.0 Å². The lowest BCUT2D eigenvalue weighted by atomic mass is 10.0. The van der Waals surface area contributed by atoms with Crippen LogP contribution in [0.25, 0.3) is 6.08 Å². The molecule has 0 aromatic heterocycles. The molecule has 1 saturated heterocycles. The van der Waals surface area contributed by atoms with Crippen LogP contribution >= 0.6 is 0 Å². The molecule has 1 aliphatic heterocycles. The predicted octanol–water partition coefficient (Wildman–Crippen LogP) is 3.53. The second-order valence-corrected chi connectivity index (χ2v) is 5.87. The topological polar surface area (TPSA) is 38.8 Å². The fourth-order valence-electron chi connectivity index (χ4n) is 2.72. The van der Waals surface area contributed by atoms with Crippen LogP contribution in [-0.4, -0.2) is 37.6 Å². The van der Waals surface area contributed by atoms with Crippen LogP contribution in [0.4, 0.5) is 0 Å². The highest BCUT2D eigenvalue weighted by molar-refractivity contribution is 5.91. The zero-order chi connectivity index (χ0) is 16.7. The van der Waals surface area contributed by atoms with Gasteiger partial charge in [0, 0.05) is 19.2 Å². The average Bonchev–Trinajstić information content (AvgIpc) is 2.58. The largest absolute Gasteiger partial charge is 0.493 e. The average molecular weight is 315 g/mol. The van der Waals surface area contributed by atoms with Crippen LogP contribution in [0.15, 0.2) is 36.9 Å². The van der Waals surface area contributed by atoms with Crippen molar-refractivity contribution in [3.8, 4) is 11.5 Å². The summed E-state index contributed by atoms with van der Waals surface area (Å²) in [5.41, 5.74) is 0.909. The molecule has 1 unspecified atom stereocenters. The van der Waals surface area contributed by atoms with E-state index in [1.54, 1.807) is 19.3 Å². The number of benzene rings is 1. The van der Waals surface area contributed by atoms with E-state index >= 15 is 0 Å². The first-order chi connectivity index (χ1) is 11.1. The molecule has 1 amide bonds. The minimum Gasteiger partial charge on any atom is -0.493 e. The summed E-state index contributed by atoms with van der Waals surface area (Å²) >= 11 is 0. The van der Waals surface area contributed by atoms with E-state index < -0.39 is 0 Å². The monoisotopic (exact) mass is 315 g/mol. The highest BCUT2D eigenvalue weighted by atomic mass is 16.5. The quantitative estimate of drug-likeness (QED) is 0.595. The van der Waals surface area contributed by atoms with Crippen LogP contribution in [0.2, 0.25) is 0 Å². The number of carbonyl (C=O) groups is 1. The molecule has 0 bridgehead atoms. The smallest absolute Gasteiger partial charge is 0.246 e. The summed E-state index contributed by atoms with van der Waals surface area (Å²) in [6.07, 6.45) is 7.44. The molecule has 0 aliphatic carbocycles. The molecule has 1 aromatic rings. The van der Waals surface area contributed by atoms with Crippen LogP contribution in [-0.2, 0) is 4.79 Å². The van der Waals surface area contributed by atoms with E-state index in [4.69, 9.17) is 9.47 Å². The van der Waals surface area contributed by atoms with E-state index in [-0.39, 0.29) is 5.91 Å². The normalized spacial score (nSPS) is 18.0. The third-order valence-electron chi connectivity index (χ3n) is 3.93. The summed E-state index contributed by atoms with van der Waals surface area (Å²) in [6, 6.07) is 5.61. The summed E-state index contributed by atoms with van der Waals surface area (Å²) in [7, 11) is 1.60. The number of nitrogens with zero attached hydrogens (tertiary/aromatic N) is 1. The molecule has 4 heteroatoms. The van der Waals surface area contributed by atoms with Crippen molar-refractivity contribution in [2.24, 2.45) is 5.92 Å². The van der Waals surface area contributed by atoms with E-state index in [2.05, 4.69) is 13.5 Å². The van der Waals surface area contributed by atoms with Gasteiger partial charge in [0.1, 0.15) is 6.61 Å². The molecule has 4 nitrogen and oxygen atoms in total. The van der Waals surface area contributed by atoms with Crippen molar-refractivity contribution in [2.45, 2.75) is 19.8 Å². The molecule has 23 heavy (non-hydrogen) atoms. The molecule has 1 aromatic carbocycles. The van der Waals surface area contributed by atoms with Gasteiger partial charge < -0.3 is 14.4 Å². The summed E-state index contributed by atoms with van der Waals surface area (Å²) in [4.78, 5) is 14.2. The number of likely N-dealkylation sites (tertiary alicyclic amines) is 1. The van der Waals surface area contributed by atoms with Crippen molar-refractivity contribution in [1.82, 2.24) is 4.90 Å². The maximum atomic E-state index is 12.3. The first-order valence-electron chi connectivity index (χ1n) is 8.02. The van der Waals surface area contributed by atoms with E-state index in [1.807, 2.05) is 29.2 Å². The Morgan fingerprint density at radius 1 is 1.43 bits per heavy atom. The number of methoxy groups -OCH3 is 1. The number of hydrogen-bond donors (Lipinski definition) is 0. The molecular weight excluding hydrogens is 290 g/mol. The van der Waals surface area contributed by atoms with Gasteiger partial charge in [0.15, 0.2) is 11.5 Å². The molecule has 0 saturated carbocycles. The lowest BCUT2D eigenvalue weighted by Gasteiger charge is -2.30. The zero-order valence-electron chi connectivity index (χ0n) is 14.0. The van der Waals surface area contributed by atoms with Crippen molar-refractivity contribution < 1.29 is 14.3 Å². The number of carbonyl (C=O) groups excluding carboxylic acids is 1. The van der Waals surface area contributed by atoms with Gasteiger partial charge in [-0.05, 0) is 42.5 Å². The lowest BCUT2D eigenvalue weighted by Crippen LogP contribution is -2.38. The molecule has 0 radical (unpaired) electrons. The van der Waals surface area contributed by atoms with Crippen molar-refractivity contribution in [3.05, 3.63) is 42.5 Å².